The Hall–Kier alpha value is -4.06. The minimum absolute atomic E-state index is 0.186. The van der Waals surface area contributed by atoms with E-state index in [4.69, 9.17) is 21.4 Å². The minimum atomic E-state index is -0.302. The number of ether oxygens (including phenoxy) is 1. The lowest BCUT2D eigenvalue weighted by Gasteiger charge is -2.32. The molecule has 9 nitrogen and oxygen atoms in total. The lowest BCUT2D eigenvalue weighted by molar-refractivity contribution is -0.133. The summed E-state index contributed by atoms with van der Waals surface area (Å²) in [7, 11) is 3.85. The van der Waals surface area contributed by atoms with Crippen LogP contribution in [0.5, 0.6) is 5.75 Å². The summed E-state index contributed by atoms with van der Waals surface area (Å²) in [5, 5.41) is 9.93. The van der Waals surface area contributed by atoms with Crippen LogP contribution in [-0.4, -0.2) is 69.2 Å². The van der Waals surface area contributed by atoms with Crippen molar-refractivity contribution in [1.29, 1.82) is 0 Å². The number of nitrogens with zero attached hydrogens (tertiary/aromatic N) is 6. The van der Waals surface area contributed by atoms with Crippen LogP contribution in [0.2, 0.25) is 5.02 Å². The van der Waals surface area contributed by atoms with Crippen LogP contribution in [0.4, 0.5) is 15.9 Å². The maximum Gasteiger partial charge on any atom is 0.236 e. The Labute approximate surface area is 269 Å². The molecular formula is C33H33ClFN7O2S. The number of piperidine rings is 1. The van der Waals surface area contributed by atoms with Crippen LogP contribution in [0.15, 0.2) is 55.0 Å². The fraction of sp³-hybridized carbons (Fsp3) is 0.333. The maximum atomic E-state index is 13.5. The van der Waals surface area contributed by atoms with Crippen LogP contribution in [-0.2, 0) is 24.2 Å². The van der Waals surface area contributed by atoms with E-state index in [1.165, 1.54) is 28.1 Å². The molecule has 7 rings (SSSR count). The molecule has 2 aromatic carbocycles. The highest BCUT2D eigenvalue weighted by atomic mass is 35.5. The van der Waals surface area contributed by atoms with E-state index in [1.807, 2.05) is 36.0 Å². The standard InChI is InChI=1S/C33H33ClFN7O2S/c1-40(2)17-29(43)41-12-10-23(11-13-41)42-16-25-27(39-42)8-7-24-30-32(36-19-37-33(30)45-31(24)25)38-22-6-9-28(26(34)15-22)44-18-20-4-3-5-21(35)14-20/h3-6,9,14-16,19,23H,7-8,10-13,17-18H2,1-2H3,(H,36,37,38). The van der Waals surface area contributed by atoms with Gasteiger partial charge in [0.2, 0.25) is 5.91 Å². The monoisotopic (exact) mass is 645 g/mol. The van der Waals surface area contributed by atoms with Crippen LogP contribution in [0.3, 0.4) is 0 Å². The Bertz CT molecular complexity index is 1880. The highest BCUT2D eigenvalue weighted by Crippen LogP contribution is 2.45. The first-order chi connectivity index (χ1) is 21.8. The molecule has 0 radical (unpaired) electrons. The maximum absolute atomic E-state index is 13.5. The molecule has 45 heavy (non-hydrogen) atoms. The number of carbonyl (C=O) groups is 1. The van der Waals surface area contributed by atoms with E-state index in [0.29, 0.717) is 17.3 Å². The number of aryl methyl sites for hydroxylation is 2. The quantitative estimate of drug-likeness (QED) is 0.206. The van der Waals surface area contributed by atoms with Gasteiger partial charge in [0.1, 0.15) is 35.1 Å². The first kappa shape index (κ1) is 29.6. The van der Waals surface area contributed by atoms with Crippen LogP contribution in [0, 0.1) is 5.82 Å². The first-order valence-corrected chi connectivity index (χ1v) is 16.2. The fourth-order valence-electron chi connectivity index (χ4n) is 6.15. The number of thiophene rings is 1. The zero-order chi connectivity index (χ0) is 31.1. The van der Waals surface area contributed by atoms with Gasteiger partial charge in [-0.2, -0.15) is 5.10 Å². The van der Waals surface area contributed by atoms with E-state index in [1.54, 1.807) is 35.9 Å². The normalized spacial score (nSPS) is 14.9. The third kappa shape index (κ3) is 6.12. The van der Waals surface area contributed by atoms with Gasteiger partial charge in [-0.05, 0) is 81.2 Å². The third-order valence-corrected chi connectivity index (χ3v) is 9.84. The molecule has 1 aliphatic heterocycles. The second kappa shape index (κ2) is 12.4. The summed E-state index contributed by atoms with van der Waals surface area (Å²) in [6.45, 7) is 2.17. The Balaban J connectivity index is 1.08. The third-order valence-electron chi connectivity index (χ3n) is 8.37. The molecule has 2 aliphatic rings. The average molecular weight is 646 g/mol. The number of benzene rings is 2. The molecule has 1 amide bonds. The molecule has 3 aromatic heterocycles. The summed E-state index contributed by atoms with van der Waals surface area (Å²) in [6, 6.07) is 12.1. The Morgan fingerprint density at radius 3 is 2.78 bits per heavy atom. The number of aromatic nitrogens is 4. The molecule has 0 bridgehead atoms. The van der Waals surface area contributed by atoms with Crippen LogP contribution < -0.4 is 10.1 Å². The summed E-state index contributed by atoms with van der Waals surface area (Å²) in [5.41, 5.74) is 5.01. The smallest absolute Gasteiger partial charge is 0.236 e. The van der Waals surface area contributed by atoms with Crippen molar-refractivity contribution in [2.45, 2.75) is 38.3 Å². The Morgan fingerprint density at radius 1 is 1.16 bits per heavy atom. The first-order valence-electron chi connectivity index (χ1n) is 15.0. The molecule has 1 saturated heterocycles. The molecule has 0 spiro atoms. The van der Waals surface area contributed by atoms with Crippen molar-refractivity contribution < 1.29 is 13.9 Å². The number of rotatable bonds is 8. The van der Waals surface area contributed by atoms with Crippen molar-refractivity contribution in [2.75, 3.05) is 39.0 Å². The lowest BCUT2D eigenvalue weighted by Crippen LogP contribution is -2.43. The zero-order valence-corrected chi connectivity index (χ0v) is 26.7. The van der Waals surface area contributed by atoms with E-state index < -0.39 is 0 Å². The van der Waals surface area contributed by atoms with Crippen LogP contribution in [0.1, 0.15) is 35.7 Å². The summed E-state index contributed by atoms with van der Waals surface area (Å²) >= 11 is 8.24. The highest BCUT2D eigenvalue weighted by molar-refractivity contribution is 7.22. The number of amides is 1. The molecule has 4 heterocycles. The van der Waals surface area contributed by atoms with Gasteiger partial charge in [-0.15, -0.1) is 11.3 Å². The molecule has 1 N–H and O–H groups in total. The summed E-state index contributed by atoms with van der Waals surface area (Å²) in [4.78, 5) is 27.8. The molecule has 5 aromatic rings. The van der Waals surface area contributed by atoms with Crippen LogP contribution >= 0.6 is 22.9 Å². The van der Waals surface area contributed by atoms with Gasteiger partial charge in [0.05, 0.1) is 28.7 Å². The van der Waals surface area contributed by atoms with E-state index in [2.05, 4.69) is 26.2 Å². The Kier molecular flexibility index (Phi) is 8.15. The van der Waals surface area contributed by atoms with Crippen molar-refractivity contribution in [3.63, 3.8) is 0 Å². The number of hydrogen-bond acceptors (Lipinski definition) is 8. The molecule has 0 unspecified atom stereocenters. The minimum Gasteiger partial charge on any atom is -0.487 e. The van der Waals surface area contributed by atoms with Gasteiger partial charge in [0.15, 0.2) is 0 Å². The summed E-state index contributed by atoms with van der Waals surface area (Å²) < 4.78 is 21.5. The zero-order valence-electron chi connectivity index (χ0n) is 25.1. The predicted octanol–water partition coefficient (Wildman–Crippen LogP) is 6.49. The van der Waals surface area contributed by atoms with Gasteiger partial charge in [-0.3, -0.25) is 9.48 Å². The number of fused-ring (bicyclic) bond motifs is 5. The van der Waals surface area contributed by atoms with E-state index in [9.17, 15) is 9.18 Å². The highest BCUT2D eigenvalue weighted by Gasteiger charge is 2.29. The molecule has 1 fully saturated rings. The van der Waals surface area contributed by atoms with Crippen LogP contribution in [0.25, 0.3) is 20.7 Å². The molecule has 0 atom stereocenters. The number of nitrogens with one attached hydrogen (secondary N) is 1. The number of carbonyl (C=O) groups excluding carboxylic acids is 1. The SMILES string of the molecule is CN(C)CC(=O)N1CCC(n2cc3c(n2)CCc2c-3sc3ncnc(Nc4ccc(OCc5cccc(F)c5)c(Cl)c4)c23)CC1. The second-order valence-corrected chi connectivity index (χ2v) is 13.2. The van der Waals surface area contributed by atoms with Crippen molar-refractivity contribution in [3.05, 3.63) is 82.6 Å². The van der Waals surface area contributed by atoms with Gasteiger partial charge < -0.3 is 19.9 Å². The number of likely N-dealkylation sites (tertiary alicyclic amines) is 1. The molecule has 0 saturated carbocycles. The molecule has 12 heteroatoms. The van der Waals surface area contributed by atoms with Crippen molar-refractivity contribution in [3.8, 4) is 16.2 Å². The van der Waals surface area contributed by atoms with Gasteiger partial charge in [0, 0.05) is 35.4 Å². The van der Waals surface area contributed by atoms with Crippen molar-refractivity contribution in [2.24, 2.45) is 0 Å². The topological polar surface area (TPSA) is 88.4 Å². The second-order valence-electron chi connectivity index (χ2n) is 11.8. The predicted molar refractivity (Wildman–Crippen MR) is 175 cm³/mol. The number of likely N-dealkylation sites (N-methyl/N-ethyl adjacent to an activating group) is 1. The van der Waals surface area contributed by atoms with E-state index >= 15 is 0 Å². The number of anilines is 2. The summed E-state index contributed by atoms with van der Waals surface area (Å²) in [5.74, 6) is 1.13. The van der Waals surface area contributed by atoms with Gasteiger partial charge in [-0.25, -0.2) is 14.4 Å². The number of halogens is 2. The Morgan fingerprint density at radius 2 is 2.00 bits per heavy atom. The van der Waals surface area contributed by atoms with Gasteiger partial charge in [0.25, 0.3) is 0 Å². The largest absolute Gasteiger partial charge is 0.487 e. The van der Waals surface area contributed by atoms with E-state index in [-0.39, 0.29) is 24.4 Å². The molecular weight excluding hydrogens is 613 g/mol. The lowest BCUT2D eigenvalue weighted by atomic mass is 9.95. The fourth-order valence-corrected chi connectivity index (χ4v) is 7.60. The van der Waals surface area contributed by atoms with Gasteiger partial charge >= 0.3 is 0 Å². The average Bonchev–Trinajstić information content (AvgIpc) is 3.63. The summed E-state index contributed by atoms with van der Waals surface area (Å²) in [6.07, 6.45) is 7.27. The van der Waals surface area contributed by atoms with Crippen molar-refractivity contribution in [1.82, 2.24) is 29.5 Å². The van der Waals surface area contributed by atoms with Crippen molar-refractivity contribution >= 4 is 50.6 Å². The molecule has 232 valence electrons. The number of hydrogen-bond donors (Lipinski definition) is 1. The van der Waals surface area contributed by atoms with Gasteiger partial charge in [-0.1, -0.05) is 23.7 Å². The van der Waals surface area contributed by atoms with E-state index in [0.717, 1.165) is 71.8 Å². The molecule has 1 aliphatic carbocycles.